The van der Waals surface area contributed by atoms with Crippen LogP contribution in [0.5, 0.6) is 0 Å². The van der Waals surface area contributed by atoms with E-state index >= 15 is 0 Å². The van der Waals surface area contributed by atoms with Crippen molar-refractivity contribution in [2.75, 3.05) is 13.2 Å². The van der Waals surface area contributed by atoms with Gasteiger partial charge in [-0.2, -0.15) is 0 Å². The lowest BCUT2D eigenvalue weighted by atomic mass is 10.3. The molecule has 0 heterocycles. The van der Waals surface area contributed by atoms with Crippen molar-refractivity contribution >= 4 is 18.6 Å². The molecule has 22 heavy (non-hydrogen) atoms. The van der Waals surface area contributed by atoms with E-state index in [0.29, 0.717) is 19.4 Å². The predicted octanol–water partition coefficient (Wildman–Crippen LogP) is 4.14. The molecule has 0 fully saturated rings. The monoisotopic (exact) mass is 326 g/mol. The second-order valence-corrected chi connectivity index (χ2v) is 8.18. The van der Waals surface area contributed by atoms with Gasteiger partial charge in [0.05, 0.1) is 13.2 Å². The molecule has 0 aromatic heterocycles. The molecule has 0 saturated carbocycles. The van der Waals surface area contributed by atoms with Crippen LogP contribution >= 0.6 is 7.37 Å². The van der Waals surface area contributed by atoms with Gasteiger partial charge in [-0.05, 0) is 25.0 Å². The van der Waals surface area contributed by atoms with Gasteiger partial charge < -0.3 is 9.26 Å². The minimum atomic E-state index is -2.95. The summed E-state index contributed by atoms with van der Waals surface area (Å²) in [5.41, 5.74) is -0.184. The smallest absolute Gasteiger partial charge is 0.305 e. The molecule has 0 saturated heterocycles. The maximum Gasteiger partial charge on any atom is 0.305 e. The third-order valence-electron chi connectivity index (χ3n) is 3.56. The van der Waals surface area contributed by atoms with Crippen molar-refractivity contribution in [3.05, 3.63) is 30.3 Å². The summed E-state index contributed by atoms with van der Waals surface area (Å²) < 4.78 is 24.3. The van der Waals surface area contributed by atoms with Gasteiger partial charge in [-0.1, -0.05) is 45.4 Å². The minimum absolute atomic E-state index is 0.184. The van der Waals surface area contributed by atoms with Gasteiger partial charge in [-0.15, -0.1) is 0 Å². The van der Waals surface area contributed by atoms with Crippen LogP contribution in [0, 0.1) is 0 Å². The largest absolute Gasteiger partial charge is 0.466 e. The highest BCUT2D eigenvalue weighted by molar-refractivity contribution is 7.67. The molecule has 0 aliphatic rings. The van der Waals surface area contributed by atoms with Crippen LogP contribution in [-0.4, -0.2) is 24.8 Å². The lowest BCUT2D eigenvalue weighted by Gasteiger charge is -2.25. The fourth-order valence-corrected chi connectivity index (χ4v) is 4.40. The Morgan fingerprint density at radius 2 is 1.86 bits per heavy atom. The Hall–Kier alpha value is -1.12. The summed E-state index contributed by atoms with van der Waals surface area (Å²) in [6, 6.07) is 9.33. The highest BCUT2D eigenvalue weighted by Crippen LogP contribution is 2.52. The van der Waals surface area contributed by atoms with Gasteiger partial charge in [0.1, 0.15) is 0 Å². The Morgan fingerprint density at radius 3 is 2.45 bits per heavy atom. The molecule has 124 valence electrons. The Morgan fingerprint density at radius 1 is 1.18 bits per heavy atom. The van der Waals surface area contributed by atoms with Gasteiger partial charge >= 0.3 is 5.97 Å². The summed E-state index contributed by atoms with van der Waals surface area (Å²) in [5.74, 6) is -0.228. The zero-order valence-corrected chi connectivity index (χ0v) is 14.7. The van der Waals surface area contributed by atoms with Gasteiger partial charge in [-0.3, -0.25) is 9.36 Å². The van der Waals surface area contributed by atoms with Crippen LogP contribution in [-0.2, 0) is 18.6 Å². The normalized spacial score (nSPS) is 15.0. The van der Waals surface area contributed by atoms with E-state index in [9.17, 15) is 9.36 Å². The zero-order valence-electron chi connectivity index (χ0n) is 13.8. The number of ether oxygens (including phenoxy) is 1. The predicted molar refractivity (Wildman–Crippen MR) is 89.9 cm³/mol. The van der Waals surface area contributed by atoms with Crippen LogP contribution in [0.1, 0.15) is 46.5 Å². The van der Waals surface area contributed by atoms with Gasteiger partial charge in [0.2, 0.25) is 7.37 Å². The van der Waals surface area contributed by atoms with Crippen LogP contribution in [0.4, 0.5) is 0 Å². The molecule has 2 atom stereocenters. The fourth-order valence-electron chi connectivity index (χ4n) is 2.05. The highest BCUT2D eigenvalue weighted by atomic mass is 31.2. The van der Waals surface area contributed by atoms with Crippen LogP contribution in [0.2, 0.25) is 0 Å². The molecule has 0 spiro atoms. The standard InChI is InChI=1S/C17H27O4P/c1-4-6-13-21-22(19,16-10-8-7-9-11-16)15(3)12-14-20-17(18)5-2/h7-11,15H,4-6,12-14H2,1-3H3. The molecule has 1 aromatic carbocycles. The molecule has 0 amide bonds. The van der Waals surface area contributed by atoms with E-state index in [1.807, 2.05) is 37.3 Å². The van der Waals surface area contributed by atoms with Crippen molar-refractivity contribution in [3.63, 3.8) is 0 Å². The van der Waals surface area contributed by atoms with Crippen molar-refractivity contribution < 1.29 is 18.6 Å². The average Bonchev–Trinajstić information content (AvgIpc) is 2.55. The quantitative estimate of drug-likeness (QED) is 0.368. The van der Waals surface area contributed by atoms with Crippen molar-refractivity contribution in [1.82, 2.24) is 0 Å². The van der Waals surface area contributed by atoms with Gasteiger partial charge in [0, 0.05) is 17.4 Å². The first-order valence-corrected chi connectivity index (χ1v) is 9.69. The fraction of sp³-hybridized carbons (Fsp3) is 0.588. The van der Waals surface area contributed by atoms with Crippen molar-refractivity contribution in [2.24, 2.45) is 0 Å². The summed E-state index contributed by atoms with van der Waals surface area (Å²) >= 11 is 0. The Kier molecular flexibility index (Phi) is 8.44. The number of benzene rings is 1. The molecule has 0 aliphatic heterocycles. The lowest BCUT2D eigenvalue weighted by molar-refractivity contribution is -0.143. The number of hydrogen-bond acceptors (Lipinski definition) is 4. The number of rotatable bonds is 10. The van der Waals surface area contributed by atoms with E-state index in [2.05, 4.69) is 6.92 Å². The summed E-state index contributed by atoms with van der Waals surface area (Å²) in [7, 11) is -2.95. The van der Waals surface area contributed by atoms with Crippen LogP contribution in [0.3, 0.4) is 0 Å². The average molecular weight is 326 g/mol. The first kappa shape index (κ1) is 18.9. The number of hydrogen-bond donors (Lipinski definition) is 0. The van der Waals surface area contributed by atoms with E-state index in [4.69, 9.17) is 9.26 Å². The number of esters is 1. The molecule has 5 heteroatoms. The lowest BCUT2D eigenvalue weighted by Crippen LogP contribution is -2.20. The van der Waals surface area contributed by atoms with Crippen LogP contribution < -0.4 is 5.30 Å². The number of unbranched alkanes of at least 4 members (excludes halogenated alkanes) is 1. The summed E-state index contributed by atoms with van der Waals surface area (Å²) in [6.07, 6.45) is 2.77. The van der Waals surface area contributed by atoms with Crippen LogP contribution in [0.15, 0.2) is 30.3 Å². The molecule has 2 unspecified atom stereocenters. The minimum Gasteiger partial charge on any atom is -0.466 e. The highest BCUT2D eigenvalue weighted by Gasteiger charge is 2.32. The SMILES string of the molecule is CCCCOP(=O)(c1ccccc1)C(C)CCOC(=O)CC. The van der Waals surface area contributed by atoms with E-state index in [1.165, 1.54) is 0 Å². The first-order valence-electron chi connectivity index (χ1n) is 8.00. The summed E-state index contributed by atoms with van der Waals surface area (Å²) in [5, 5.41) is 0.737. The maximum absolute atomic E-state index is 13.4. The molecule has 1 aromatic rings. The Bertz CT molecular complexity index is 487. The molecular weight excluding hydrogens is 299 g/mol. The van der Waals surface area contributed by atoms with Crippen LogP contribution in [0.25, 0.3) is 0 Å². The van der Waals surface area contributed by atoms with Crippen molar-refractivity contribution in [1.29, 1.82) is 0 Å². The third-order valence-corrected chi connectivity index (χ3v) is 6.57. The van der Waals surface area contributed by atoms with E-state index in [-0.39, 0.29) is 18.2 Å². The van der Waals surface area contributed by atoms with E-state index in [0.717, 1.165) is 18.1 Å². The second kappa shape index (κ2) is 9.81. The van der Waals surface area contributed by atoms with Gasteiger partial charge in [-0.25, -0.2) is 0 Å². The maximum atomic E-state index is 13.4. The molecule has 0 bridgehead atoms. The molecule has 4 nitrogen and oxygen atoms in total. The Balaban J connectivity index is 2.76. The molecule has 0 aliphatic carbocycles. The summed E-state index contributed by atoms with van der Waals surface area (Å²) in [4.78, 5) is 11.2. The molecule has 0 radical (unpaired) electrons. The van der Waals surface area contributed by atoms with E-state index in [1.54, 1.807) is 6.92 Å². The van der Waals surface area contributed by atoms with E-state index < -0.39 is 7.37 Å². The van der Waals surface area contributed by atoms with Gasteiger partial charge in [0.25, 0.3) is 0 Å². The Labute approximate surface area is 133 Å². The number of carbonyl (C=O) groups is 1. The molecular formula is C17H27O4P. The van der Waals surface area contributed by atoms with Crippen molar-refractivity contribution in [2.45, 2.75) is 52.1 Å². The summed E-state index contributed by atoms with van der Waals surface area (Å²) in [6.45, 7) is 6.50. The number of carbonyl (C=O) groups excluding carboxylic acids is 1. The zero-order chi connectivity index (χ0) is 16.4. The first-order chi connectivity index (χ1) is 10.5. The van der Waals surface area contributed by atoms with Crippen molar-refractivity contribution in [3.8, 4) is 0 Å². The molecule has 0 N–H and O–H groups in total. The topological polar surface area (TPSA) is 52.6 Å². The van der Waals surface area contributed by atoms with Gasteiger partial charge in [0.15, 0.2) is 0 Å². The molecule has 1 rings (SSSR count). The third kappa shape index (κ3) is 5.58. The second-order valence-electron chi connectivity index (χ2n) is 5.33.